The van der Waals surface area contributed by atoms with Crippen LogP contribution in [-0.2, 0) is 0 Å². The Bertz CT molecular complexity index is 1190. The molecule has 2 aliphatic rings. The lowest BCUT2D eigenvalue weighted by Gasteiger charge is -2.29. The van der Waals surface area contributed by atoms with Crippen molar-refractivity contribution in [1.82, 2.24) is 24.6 Å². The number of nitrogens with zero attached hydrogens (tertiary/aromatic N) is 5. The van der Waals surface area contributed by atoms with Crippen LogP contribution in [0.1, 0.15) is 60.5 Å². The van der Waals surface area contributed by atoms with E-state index in [1.54, 1.807) is 18.5 Å². The molecule has 5 rings (SSSR count). The predicted octanol–water partition coefficient (Wildman–Crippen LogP) is 4.27. The summed E-state index contributed by atoms with van der Waals surface area (Å²) in [4.78, 5) is 20.2. The van der Waals surface area contributed by atoms with E-state index < -0.39 is 0 Å². The van der Waals surface area contributed by atoms with Crippen LogP contribution >= 0.6 is 0 Å². The molecule has 4 heterocycles. The minimum atomic E-state index is -0.374. The molecule has 178 valence electrons. The smallest absolute Gasteiger partial charge is 0.260 e. The van der Waals surface area contributed by atoms with Gasteiger partial charge in [0.05, 0.1) is 12.2 Å². The lowest BCUT2D eigenvalue weighted by Crippen LogP contribution is -2.29. The fraction of sp³-hybridized carbons (Fsp3) is 0.440. The van der Waals surface area contributed by atoms with Gasteiger partial charge in [-0.15, -0.1) is 10.2 Å². The molecule has 2 bridgehead atoms. The number of ether oxygens (including phenoxy) is 1. The van der Waals surface area contributed by atoms with E-state index in [1.165, 1.54) is 6.07 Å². The Morgan fingerprint density at radius 1 is 1.18 bits per heavy atom. The second-order valence-corrected chi connectivity index (χ2v) is 9.21. The molecule has 1 atom stereocenters. The van der Waals surface area contributed by atoms with E-state index in [1.807, 2.05) is 16.7 Å². The Labute approximate surface area is 198 Å². The highest BCUT2D eigenvalue weighted by molar-refractivity contribution is 6.06. The maximum Gasteiger partial charge on any atom is 0.260 e. The number of likely N-dealkylation sites (tertiary alicyclic amines) is 1. The first-order valence-corrected chi connectivity index (χ1v) is 11.8. The quantitative estimate of drug-likeness (QED) is 0.579. The summed E-state index contributed by atoms with van der Waals surface area (Å²) < 4.78 is 23.1. The Morgan fingerprint density at radius 3 is 2.82 bits per heavy atom. The van der Waals surface area contributed by atoms with E-state index in [-0.39, 0.29) is 29.4 Å². The van der Waals surface area contributed by atoms with Crippen molar-refractivity contribution in [3.05, 3.63) is 53.6 Å². The molecule has 3 aromatic rings. The summed E-state index contributed by atoms with van der Waals surface area (Å²) in [5.74, 6) is 0.686. The number of halogens is 1. The van der Waals surface area contributed by atoms with Crippen LogP contribution in [0.2, 0.25) is 0 Å². The van der Waals surface area contributed by atoms with Gasteiger partial charge in [0.1, 0.15) is 29.4 Å². The number of pyridine rings is 1. The molecule has 1 saturated heterocycles. The fourth-order valence-corrected chi connectivity index (χ4v) is 4.76. The minimum absolute atomic E-state index is 0.0797. The number of fused-ring (bicyclic) bond motifs is 5. The maximum absolute atomic E-state index is 15.2. The fourth-order valence-electron chi connectivity index (χ4n) is 4.76. The monoisotopic (exact) mass is 464 g/mol. The van der Waals surface area contributed by atoms with Crippen molar-refractivity contribution < 1.29 is 13.9 Å². The number of nitrogens with one attached hydrogen (secondary N) is 1. The summed E-state index contributed by atoms with van der Waals surface area (Å²) in [6, 6.07) is 8.56. The first-order valence-electron chi connectivity index (χ1n) is 11.8. The van der Waals surface area contributed by atoms with Gasteiger partial charge in [-0.25, -0.2) is 9.37 Å². The van der Waals surface area contributed by atoms with Crippen molar-refractivity contribution in [1.29, 1.82) is 0 Å². The van der Waals surface area contributed by atoms with Gasteiger partial charge in [-0.3, -0.25) is 4.79 Å². The molecule has 1 amide bonds. The van der Waals surface area contributed by atoms with Gasteiger partial charge in [-0.05, 0) is 82.4 Å². The van der Waals surface area contributed by atoms with E-state index in [2.05, 4.69) is 39.4 Å². The van der Waals surface area contributed by atoms with Crippen LogP contribution < -0.4 is 10.1 Å². The number of anilines is 1. The number of hydrogen-bond acceptors (Lipinski definition) is 6. The zero-order valence-electron chi connectivity index (χ0n) is 19.5. The second kappa shape index (κ2) is 9.50. The standard InChI is InChI=1S/C25H29FN6O2/c1-16-5-4-12-34-22-14-20(26)18(17-8-10-31(2)11-9-17)13-19(22)25(33)29-23-7-3-6-21(28-23)24-30-27-15-32(16)24/h3,6-7,13-17H,4-5,8-12H2,1-2H3,(H,28,29,33). The van der Waals surface area contributed by atoms with Crippen LogP contribution in [0.25, 0.3) is 11.5 Å². The van der Waals surface area contributed by atoms with E-state index in [0.717, 1.165) is 38.8 Å². The van der Waals surface area contributed by atoms with Crippen LogP contribution in [0.5, 0.6) is 5.75 Å². The number of benzene rings is 1. The predicted molar refractivity (Wildman–Crippen MR) is 127 cm³/mol. The highest BCUT2D eigenvalue weighted by Gasteiger charge is 2.25. The van der Waals surface area contributed by atoms with Crippen molar-refractivity contribution in [3.63, 3.8) is 0 Å². The zero-order chi connectivity index (χ0) is 23.7. The molecule has 1 fully saturated rings. The van der Waals surface area contributed by atoms with Gasteiger partial charge >= 0.3 is 0 Å². The Morgan fingerprint density at radius 2 is 2.00 bits per heavy atom. The van der Waals surface area contributed by atoms with Crippen LogP contribution in [-0.4, -0.2) is 57.3 Å². The number of rotatable bonds is 1. The summed E-state index contributed by atoms with van der Waals surface area (Å²) in [7, 11) is 2.07. The Kier molecular flexibility index (Phi) is 6.28. The third-order valence-electron chi connectivity index (χ3n) is 6.79. The average molecular weight is 465 g/mol. The largest absolute Gasteiger partial charge is 0.493 e. The summed E-state index contributed by atoms with van der Waals surface area (Å²) in [5, 5.41) is 11.2. The van der Waals surface area contributed by atoms with Crippen LogP contribution in [0, 0.1) is 5.82 Å². The lowest BCUT2D eigenvalue weighted by atomic mass is 9.88. The third kappa shape index (κ3) is 4.52. The molecule has 1 aromatic carbocycles. The summed E-state index contributed by atoms with van der Waals surface area (Å²) in [6.45, 7) is 4.28. The minimum Gasteiger partial charge on any atom is -0.493 e. The summed E-state index contributed by atoms with van der Waals surface area (Å²) in [5.41, 5.74) is 1.53. The maximum atomic E-state index is 15.2. The molecule has 2 aliphatic heterocycles. The lowest BCUT2D eigenvalue weighted by molar-refractivity contribution is 0.102. The first kappa shape index (κ1) is 22.5. The first-order chi connectivity index (χ1) is 16.5. The molecule has 0 aliphatic carbocycles. The van der Waals surface area contributed by atoms with E-state index in [4.69, 9.17) is 4.74 Å². The normalized spacial score (nSPS) is 20.0. The number of aromatic nitrogens is 4. The SMILES string of the molecule is CC1CCCOc2cc(F)c(C3CCN(C)CC3)cc2C(=O)Nc2cccc(n2)-c2nncn21. The van der Waals surface area contributed by atoms with Gasteiger partial charge in [0.15, 0.2) is 5.82 Å². The van der Waals surface area contributed by atoms with E-state index >= 15 is 4.39 Å². The second-order valence-electron chi connectivity index (χ2n) is 9.21. The topological polar surface area (TPSA) is 85.2 Å². The van der Waals surface area contributed by atoms with Crippen molar-refractivity contribution >= 4 is 11.7 Å². The summed E-state index contributed by atoms with van der Waals surface area (Å²) >= 11 is 0. The summed E-state index contributed by atoms with van der Waals surface area (Å²) in [6.07, 6.45) is 4.94. The van der Waals surface area contributed by atoms with Crippen LogP contribution in [0.15, 0.2) is 36.7 Å². The molecule has 8 nitrogen and oxygen atoms in total. The van der Waals surface area contributed by atoms with Crippen LogP contribution in [0.4, 0.5) is 10.2 Å². The molecule has 9 heteroatoms. The highest BCUT2D eigenvalue weighted by Crippen LogP contribution is 2.34. The van der Waals surface area contributed by atoms with E-state index in [9.17, 15) is 4.79 Å². The van der Waals surface area contributed by atoms with Gasteiger partial charge in [0.2, 0.25) is 0 Å². The number of piperidine rings is 1. The van der Waals surface area contributed by atoms with Crippen molar-refractivity contribution in [2.75, 3.05) is 32.1 Å². The molecular weight excluding hydrogens is 435 g/mol. The Hall–Kier alpha value is -3.33. The van der Waals surface area contributed by atoms with Crippen molar-refractivity contribution in [2.45, 2.75) is 44.6 Å². The van der Waals surface area contributed by atoms with Gasteiger partial charge in [0, 0.05) is 12.1 Å². The number of carbonyl (C=O) groups excluding carboxylic acids is 1. The van der Waals surface area contributed by atoms with Gasteiger partial charge in [0.25, 0.3) is 5.91 Å². The van der Waals surface area contributed by atoms with Crippen molar-refractivity contribution in [3.8, 4) is 17.3 Å². The molecule has 1 N–H and O–H groups in total. The molecule has 2 aromatic heterocycles. The van der Waals surface area contributed by atoms with Gasteiger partial charge in [-0.1, -0.05) is 6.07 Å². The van der Waals surface area contributed by atoms with Gasteiger partial charge in [-0.2, -0.15) is 0 Å². The highest BCUT2D eigenvalue weighted by atomic mass is 19.1. The van der Waals surface area contributed by atoms with Gasteiger partial charge < -0.3 is 19.5 Å². The molecule has 0 spiro atoms. The number of amides is 1. The molecule has 34 heavy (non-hydrogen) atoms. The molecule has 0 radical (unpaired) electrons. The van der Waals surface area contributed by atoms with Crippen LogP contribution in [0.3, 0.4) is 0 Å². The molecule has 1 unspecified atom stereocenters. The Balaban J connectivity index is 1.52. The van der Waals surface area contributed by atoms with E-state index in [0.29, 0.717) is 35.1 Å². The number of hydrogen-bond donors (Lipinski definition) is 1. The van der Waals surface area contributed by atoms with Crippen molar-refractivity contribution in [2.24, 2.45) is 0 Å². The average Bonchev–Trinajstić information content (AvgIpc) is 3.32. The molecular formula is C25H29FN6O2. The third-order valence-corrected chi connectivity index (χ3v) is 6.79. The number of carbonyl (C=O) groups is 1. The zero-order valence-corrected chi connectivity index (χ0v) is 19.5. The molecule has 0 saturated carbocycles.